The van der Waals surface area contributed by atoms with Gasteiger partial charge in [-0.15, -0.1) is 0 Å². The number of aromatic amines is 1. The number of hydrogen-bond acceptors (Lipinski definition) is 3. The summed E-state index contributed by atoms with van der Waals surface area (Å²) in [4.78, 5) is 14.3. The molecule has 0 saturated carbocycles. The lowest BCUT2D eigenvalue weighted by Crippen LogP contribution is -2.41. The van der Waals surface area contributed by atoms with Crippen LogP contribution in [-0.2, 0) is 9.31 Å². The largest absolute Gasteiger partial charge is 0.512 e. The van der Waals surface area contributed by atoms with E-state index in [1.54, 1.807) is 0 Å². The Balaban J connectivity index is 2.35. The Morgan fingerprint density at radius 2 is 1.71 bits per heavy atom. The SMILES string of the molecule is CC1(C)OB(c2cc(=O)cc(Cl)[nH]2)OC1(C)C. The van der Waals surface area contributed by atoms with E-state index in [2.05, 4.69) is 4.98 Å². The van der Waals surface area contributed by atoms with Crippen LogP contribution in [0.5, 0.6) is 0 Å². The van der Waals surface area contributed by atoms with Crippen molar-refractivity contribution in [3.8, 4) is 0 Å². The van der Waals surface area contributed by atoms with Crippen LogP contribution in [0.2, 0.25) is 5.15 Å². The summed E-state index contributed by atoms with van der Waals surface area (Å²) in [5.74, 6) is 0. The normalized spacial score (nSPS) is 21.8. The monoisotopic (exact) mass is 255 g/mol. The first-order chi connectivity index (χ1) is 7.71. The first-order valence-electron chi connectivity index (χ1n) is 5.47. The molecule has 2 heterocycles. The van der Waals surface area contributed by atoms with Gasteiger partial charge in [0.1, 0.15) is 5.15 Å². The predicted octanol–water partition coefficient (Wildman–Crippen LogP) is 1.33. The van der Waals surface area contributed by atoms with Gasteiger partial charge in [0.15, 0.2) is 5.43 Å². The molecule has 92 valence electrons. The molecular formula is C11H15BClNO3. The van der Waals surface area contributed by atoms with Gasteiger partial charge >= 0.3 is 7.12 Å². The standard InChI is InChI=1S/C11H15BClNO3/c1-10(2)11(3,4)17-12(16-10)8-5-7(15)6-9(13)14-8/h5-6H,1-4H3,(H,14,15). The lowest BCUT2D eigenvalue weighted by atomic mass is 9.84. The fourth-order valence-corrected chi connectivity index (χ4v) is 1.84. The van der Waals surface area contributed by atoms with Gasteiger partial charge in [-0.3, -0.25) is 4.79 Å². The Bertz CT molecular complexity index is 482. The minimum Gasteiger partial charge on any atom is -0.398 e. The summed E-state index contributed by atoms with van der Waals surface area (Å²) in [6.07, 6.45) is 0. The van der Waals surface area contributed by atoms with E-state index in [0.29, 0.717) is 5.59 Å². The molecule has 4 nitrogen and oxygen atoms in total. The molecule has 1 fully saturated rings. The van der Waals surface area contributed by atoms with Gasteiger partial charge in [-0.2, -0.15) is 0 Å². The third kappa shape index (κ3) is 2.27. The van der Waals surface area contributed by atoms with Gasteiger partial charge < -0.3 is 14.3 Å². The van der Waals surface area contributed by atoms with Crippen LogP contribution in [0.25, 0.3) is 0 Å². The van der Waals surface area contributed by atoms with Crippen LogP contribution < -0.4 is 11.0 Å². The van der Waals surface area contributed by atoms with E-state index in [-0.39, 0.29) is 10.6 Å². The molecule has 2 rings (SSSR count). The lowest BCUT2D eigenvalue weighted by Gasteiger charge is -2.32. The molecule has 1 saturated heterocycles. The molecular weight excluding hydrogens is 240 g/mol. The van der Waals surface area contributed by atoms with Crippen molar-refractivity contribution in [2.45, 2.75) is 38.9 Å². The Morgan fingerprint density at radius 3 is 2.18 bits per heavy atom. The number of halogens is 1. The third-order valence-corrected chi connectivity index (χ3v) is 3.54. The molecule has 6 heteroatoms. The molecule has 1 aliphatic heterocycles. The van der Waals surface area contributed by atoms with E-state index in [9.17, 15) is 4.79 Å². The lowest BCUT2D eigenvalue weighted by molar-refractivity contribution is 0.00578. The fraction of sp³-hybridized carbons (Fsp3) is 0.545. The first-order valence-corrected chi connectivity index (χ1v) is 5.84. The van der Waals surface area contributed by atoms with Crippen LogP contribution in [0.1, 0.15) is 27.7 Å². The number of hydrogen-bond donors (Lipinski definition) is 1. The van der Waals surface area contributed by atoms with Crippen LogP contribution in [0.4, 0.5) is 0 Å². The Kier molecular flexibility index (Phi) is 2.88. The molecule has 0 aromatic carbocycles. The summed E-state index contributed by atoms with van der Waals surface area (Å²) in [7, 11) is -0.591. The maximum Gasteiger partial charge on any atom is 0.512 e. The summed E-state index contributed by atoms with van der Waals surface area (Å²) in [5, 5.41) is 0.280. The summed E-state index contributed by atoms with van der Waals surface area (Å²) < 4.78 is 11.6. The number of H-pyrrole nitrogens is 1. The molecule has 0 aliphatic carbocycles. The molecule has 17 heavy (non-hydrogen) atoms. The zero-order valence-electron chi connectivity index (χ0n) is 10.3. The van der Waals surface area contributed by atoms with Crippen LogP contribution in [-0.4, -0.2) is 23.3 Å². The highest BCUT2D eigenvalue weighted by Gasteiger charge is 2.52. The minimum absolute atomic E-state index is 0.168. The number of nitrogens with one attached hydrogen (secondary N) is 1. The highest BCUT2D eigenvalue weighted by molar-refractivity contribution is 6.61. The smallest absolute Gasteiger partial charge is 0.398 e. The molecule has 1 aliphatic rings. The van der Waals surface area contributed by atoms with E-state index in [1.165, 1.54) is 12.1 Å². The van der Waals surface area contributed by atoms with Crippen LogP contribution in [0.3, 0.4) is 0 Å². The summed E-state index contributed by atoms with van der Waals surface area (Å²) in [6.45, 7) is 7.82. The summed E-state index contributed by atoms with van der Waals surface area (Å²) in [6, 6.07) is 2.75. The Labute approximate surface area is 105 Å². The molecule has 0 unspecified atom stereocenters. The number of aromatic nitrogens is 1. The number of pyridine rings is 1. The third-order valence-electron chi connectivity index (χ3n) is 3.34. The number of rotatable bonds is 1. The zero-order chi connectivity index (χ0) is 12.8. The second-order valence-corrected chi connectivity index (χ2v) is 5.61. The minimum atomic E-state index is -0.591. The maximum atomic E-state index is 11.4. The van der Waals surface area contributed by atoms with Crippen molar-refractivity contribution in [2.75, 3.05) is 0 Å². The maximum absolute atomic E-state index is 11.4. The van der Waals surface area contributed by atoms with Gasteiger partial charge in [0.05, 0.1) is 16.8 Å². The van der Waals surface area contributed by atoms with Crippen molar-refractivity contribution in [1.82, 2.24) is 4.98 Å². The van der Waals surface area contributed by atoms with Crippen molar-refractivity contribution in [2.24, 2.45) is 0 Å². The molecule has 0 radical (unpaired) electrons. The highest BCUT2D eigenvalue weighted by atomic mass is 35.5. The van der Waals surface area contributed by atoms with Crippen molar-refractivity contribution >= 4 is 24.3 Å². The summed E-state index contributed by atoms with van der Waals surface area (Å²) in [5.41, 5.74) is -0.493. The van der Waals surface area contributed by atoms with Crippen LogP contribution in [0, 0.1) is 0 Å². The molecule has 1 aromatic heterocycles. The van der Waals surface area contributed by atoms with Gasteiger partial charge in [-0.05, 0) is 27.7 Å². The quantitative estimate of drug-likeness (QED) is 0.608. The topological polar surface area (TPSA) is 51.3 Å². The predicted molar refractivity (Wildman–Crippen MR) is 67.8 cm³/mol. The zero-order valence-corrected chi connectivity index (χ0v) is 11.1. The molecule has 0 amide bonds. The Hall–Kier alpha value is -0.775. The molecule has 0 bridgehead atoms. The summed E-state index contributed by atoms with van der Waals surface area (Å²) >= 11 is 5.80. The van der Waals surface area contributed by atoms with Crippen molar-refractivity contribution < 1.29 is 9.31 Å². The van der Waals surface area contributed by atoms with E-state index in [1.807, 2.05) is 27.7 Å². The van der Waals surface area contributed by atoms with E-state index in [4.69, 9.17) is 20.9 Å². The van der Waals surface area contributed by atoms with Gasteiger partial charge in [0.25, 0.3) is 0 Å². The fourth-order valence-electron chi connectivity index (χ4n) is 1.63. The van der Waals surface area contributed by atoms with Gasteiger partial charge in [0.2, 0.25) is 0 Å². The van der Waals surface area contributed by atoms with E-state index >= 15 is 0 Å². The average molecular weight is 256 g/mol. The second kappa shape index (κ2) is 3.87. The van der Waals surface area contributed by atoms with E-state index < -0.39 is 18.3 Å². The Morgan fingerprint density at radius 1 is 1.18 bits per heavy atom. The molecule has 0 spiro atoms. The van der Waals surface area contributed by atoms with Crippen LogP contribution >= 0.6 is 11.6 Å². The first kappa shape index (κ1) is 12.7. The molecule has 1 aromatic rings. The molecule has 1 N–H and O–H groups in total. The van der Waals surface area contributed by atoms with E-state index in [0.717, 1.165) is 0 Å². The van der Waals surface area contributed by atoms with Crippen molar-refractivity contribution in [3.63, 3.8) is 0 Å². The van der Waals surface area contributed by atoms with Gasteiger partial charge in [-0.25, -0.2) is 0 Å². The highest BCUT2D eigenvalue weighted by Crippen LogP contribution is 2.36. The molecule has 0 atom stereocenters. The van der Waals surface area contributed by atoms with Crippen LogP contribution in [0.15, 0.2) is 16.9 Å². The van der Waals surface area contributed by atoms with Gasteiger partial charge in [0, 0.05) is 12.1 Å². The van der Waals surface area contributed by atoms with Crippen molar-refractivity contribution in [3.05, 3.63) is 27.5 Å². The second-order valence-electron chi connectivity index (χ2n) is 5.21. The van der Waals surface area contributed by atoms with Gasteiger partial charge in [-0.1, -0.05) is 11.6 Å². The average Bonchev–Trinajstić information content (AvgIpc) is 2.34. The van der Waals surface area contributed by atoms with Crippen molar-refractivity contribution in [1.29, 1.82) is 0 Å².